The SMILES string of the molecule is c1ccc(-n2c(-c3ccc(-c4cccc5oc6cc(-n7c8ccccc8c8ccccc87)ccc6c45)cc3)nc3ccccc32)cc1. The topological polar surface area (TPSA) is 35.9 Å². The number of para-hydroxylation sites is 5. The van der Waals surface area contributed by atoms with Gasteiger partial charge in [0.25, 0.3) is 0 Å². The average Bonchev–Trinajstić information content (AvgIpc) is 3.81. The van der Waals surface area contributed by atoms with E-state index in [9.17, 15) is 0 Å². The second-order valence-electron chi connectivity index (χ2n) is 12.0. The molecule has 220 valence electrons. The molecule has 10 rings (SSSR count). The lowest BCUT2D eigenvalue weighted by molar-refractivity contribution is 0.668. The van der Waals surface area contributed by atoms with Crippen LogP contribution in [0.3, 0.4) is 0 Å². The van der Waals surface area contributed by atoms with Gasteiger partial charge in [-0.25, -0.2) is 4.98 Å². The molecule has 7 aromatic carbocycles. The van der Waals surface area contributed by atoms with Crippen LogP contribution in [0, 0.1) is 0 Å². The first kappa shape index (κ1) is 25.9. The Labute approximate surface area is 270 Å². The molecule has 3 aromatic heterocycles. The Morgan fingerprint density at radius 1 is 0.426 bits per heavy atom. The molecule has 0 aliphatic heterocycles. The van der Waals surface area contributed by atoms with Gasteiger partial charge in [0.15, 0.2) is 0 Å². The van der Waals surface area contributed by atoms with Crippen molar-refractivity contribution in [2.24, 2.45) is 0 Å². The van der Waals surface area contributed by atoms with Gasteiger partial charge in [0, 0.05) is 44.5 Å². The van der Waals surface area contributed by atoms with E-state index in [0.29, 0.717) is 0 Å². The Hall–Kier alpha value is -6.39. The van der Waals surface area contributed by atoms with Crippen LogP contribution in [0.4, 0.5) is 0 Å². The normalized spacial score (nSPS) is 11.8. The lowest BCUT2D eigenvalue weighted by Gasteiger charge is -2.10. The summed E-state index contributed by atoms with van der Waals surface area (Å²) in [6, 6.07) is 57.6. The van der Waals surface area contributed by atoms with Gasteiger partial charge in [-0.1, -0.05) is 103 Å². The first-order chi connectivity index (χ1) is 23.3. The monoisotopic (exact) mass is 601 g/mol. The van der Waals surface area contributed by atoms with Crippen molar-refractivity contribution in [1.82, 2.24) is 14.1 Å². The number of fused-ring (bicyclic) bond motifs is 7. The Kier molecular flexibility index (Phi) is 5.54. The van der Waals surface area contributed by atoms with E-state index < -0.39 is 0 Å². The van der Waals surface area contributed by atoms with E-state index in [2.05, 4.69) is 161 Å². The van der Waals surface area contributed by atoms with Gasteiger partial charge < -0.3 is 8.98 Å². The molecule has 0 fully saturated rings. The lowest BCUT2D eigenvalue weighted by atomic mass is 9.98. The first-order valence-electron chi connectivity index (χ1n) is 15.9. The fourth-order valence-electron chi connectivity index (χ4n) is 7.25. The molecule has 0 radical (unpaired) electrons. The van der Waals surface area contributed by atoms with E-state index in [-0.39, 0.29) is 0 Å². The van der Waals surface area contributed by atoms with Gasteiger partial charge in [-0.3, -0.25) is 4.57 Å². The van der Waals surface area contributed by atoms with Gasteiger partial charge in [0.05, 0.1) is 22.1 Å². The van der Waals surface area contributed by atoms with E-state index in [4.69, 9.17) is 9.40 Å². The summed E-state index contributed by atoms with van der Waals surface area (Å²) in [6.45, 7) is 0. The quantitative estimate of drug-likeness (QED) is 0.201. The van der Waals surface area contributed by atoms with Crippen molar-refractivity contribution in [3.8, 4) is 33.9 Å². The molecule has 0 spiro atoms. The standard InChI is InChI=1S/C43H27N3O/c1-2-11-30(12-3-1)46-39-19-9-6-16-36(39)44-43(46)29-23-21-28(22-24-29)32-15-10-20-40-42(32)35-26-25-31(27-41(35)47-40)45-37-17-7-4-13-33(37)34-14-5-8-18-38(34)45/h1-27H. The predicted octanol–water partition coefficient (Wildman–Crippen LogP) is 11.4. The molecule has 0 aliphatic carbocycles. The minimum Gasteiger partial charge on any atom is -0.456 e. The molecule has 0 N–H and O–H groups in total. The molecule has 0 aliphatic rings. The number of hydrogen-bond donors (Lipinski definition) is 0. The Balaban J connectivity index is 1.10. The molecule has 4 nitrogen and oxygen atoms in total. The maximum Gasteiger partial charge on any atom is 0.145 e. The number of benzene rings is 7. The highest BCUT2D eigenvalue weighted by atomic mass is 16.3. The zero-order valence-electron chi connectivity index (χ0n) is 25.3. The summed E-state index contributed by atoms with van der Waals surface area (Å²) < 4.78 is 11.1. The summed E-state index contributed by atoms with van der Waals surface area (Å²) in [5, 5.41) is 4.73. The van der Waals surface area contributed by atoms with Crippen LogP contribution in [0.15, 0.2) is 168 Å². The fourth-order valence-corrected chi connectivity index (χ4v) is 7.25. The fraction of sp³-hybridized carbons (Fsp3) is 0. The van der Waals surface area contributed by atoms with Crippen molar-refractivity contribution in [2.45, 2.75) is 0 Å². The van der Waals surface area contributed by atoms with Crippen molar-refractivity contribution in [2.75, 3.05) is 0 Å². The maximum atomic E-state index is 6.54. The van der Waals surface area contributed by atoms with Crippen LogP contribution < -0.4 is 0 Å². The van der Waals surface area contributed by atoms with E-state index in [1.54, 1.807) is 0 Å². The second-order valence-corrected chi connectivity index (χ2v) is 12.0. The van der Waals surface area contributed by atoms with Gasteiger partial charge >= 0.3 is 0 Å². The van der Waals surface area contributed by atoms with Crippen molar-refractivity contribution in [1.29, 1.82) is 0 Å². The lowest BCUT2D eigenvalue weighted by Crippen LogP contribution is -1.97. The van der Waals surface area contributed by atoms with Gasteiger partial charge in [-0.05, 0) is 65.7 Å². The van der Waals surface area contributed by atoms with Gasteiger partial charge in [0.2, 0.25) is 0 Å². The third-order valence-corrected chi connectivity index (χ3v) is 9.35. The molecule has 3 heterocycles. The number of hydrogen-bond acceptors (Lipinski definition) is 2. The Morgan fingerprint density at radius 3 is 1.85 bits per heavy atom. The highest BCUT2D eigenvalue weighted by Gasteiger charge is 2.18. The maximum absolute atomic E-state index is 6.54. The van der Waals surface area contributed by atoms with E-state index in [1.807, 2.05) is 12.1 Å². The van der Waals surface area contributed by atoms with E-state index in [0.717, 1.165) is 66.9 Å². The summed E-state index contributed by atoms with van der Waals surface area (Å²) >= 11 is 0. The third-order valence-electron chi connectivity index (χ3n) is 9.35. The molecule has 47 heavy (non-hydrogen) atoms. The summed E-state index contributed by atoms with van der Waals surface area (Å²) in [5.41, 5.74) is 11.7. The predicted molar refractivity (Wildman–Crippen MR) is 194 cm³/mol. The van der Waals surface area contributed by atoms with Crippen LogP contribution in [-0.4, -0.2) is 14.1 Å². The van der Waals surface area contributed by atoms with Crippen LogP contribution in [0.2, 0.25) is 0 Å². The summed E-state index contributed by atoms with van der Waals surface area (Å²) in [6.07, 6.45) is 0. The number of nitrogens with zero attached hydrogens (tertiary/aromatic N) is 3. The highest BCUT2D eigenvalue weighted by molar-refractivity contribution is 6.13. The molecular formula is C43H27N3O. The van der Waals surface area contributed by atoms with Crippen LogP contribution in [0.5, 0.6) is 0 Å². The third kappa shape index (κ3) is 3.92. The summed E-state index contributed by atoms with van der Waals surface area (Å²) in [5.74, 6) is 0.925. The zero-order valence-corrected chi connectivity index (χ0v) is 25.3. The van der Waals surface area contributed by atoms with Gasteiger partial charge in [0.1, 0.15) is 17.0 Å². The molecular weight excluding hydrogens is 574 g/mol. The van der Waals surface area contributed by atoms with E-state index >= 15 is 0 Å². The largest absolute Gasteiger partial charge is 0.456 e. The number of furan rings is 1. The van der Waals surface area contributed by atoms with Gasteiger partial charge in [-0.15, -0.1) is 0 Å². The second kappa shape index (κ2) is 10.1. The Bertz CT molecular complexity index is 2730. The summed E-state index contributed by atoms with van der Waals surface area (Å²) in [4.78, 5) is 5.06. The zero-order chi connectivity index (χ0) is 30.9. The Morgan fingerprint density at radius 2 is 1.09 bits per heavy atom. The van der Waals surface area contributed by atoms with Crippen LogP contribution in [0.25, 0.3) is 88.7 Å². The van der Waals surface area contributed by atoms with Crippen molar-refractivity contribution in [3.05, 3.63) is 164 Å². The molecule has 0 bridgehead atoms. The highest BCUT2D eigenvalue weighted by Crippen LogP contribution is 2.40. The van der Waals surface area contributed by atoms with Gasteiger partial charge in [-0.2, -0.15) is 0 Å². The summed E-state index contributed by atoms with van der Waals surface area (Å²) in [7, 11) is 0. The number of aromatic nitrogens is 3. The molecule has 0 atom stereocenters. The molecule has 0 saturated heterocycles. The molecule has 10 aromatic rings. The van der Waals surface area contributed by atoms with Crippen LogP contribution in [0.1, 0.15) is 0 Å². The van der Waals surface area contributed by atoms with Crippen LogP contribution >= 0.6 is 0 Å². The smallest absolute Gasteiger partial charge is 0.145 e. The molecule has 0 unspecified atom stereocenters. The molecule has 4 heteroatoms. The average molecular weight is 602 g/mol. The van der Waals surface area contributed by atoms with Crippen molar-refractivity contribution >= 4 is 54.8 Å². The number of imidazole rings is 1. The minimum atomic E-state index is 0.875. The molecule has 0 amide bonds. The molecule has 0 saturated carbocycles. The number of rotatable bonds is 4. The van der Waals surface area contributed by atoms with E-state index in [1.165, 1.54) is 21.8 Å². The van der Waals surface area contributed by atoms with Crippen molar-refractivity contribution in [3.63, 3.8) is 0 Å². The first-order valence-corrected chi connectivity index (χ1v) is 15.9. The van der Waals surface area contributed by atoms with Crippen LogP contribution in [-0.2, 0) is 0 Å². The van der Waals surface area contributed by atoms with Crippen molar-refractivity contribution < 1.29 is 4.42 Å². The minimum absolute atomic E-state index is 0.875.